The topological polar surface area (TPSA) is 77.8 Å². The fourth-order valence-corrected chi connectivity index (χ4v) is 3.91. The molecule has 0 aliphatic heterocycles. The second kappa shape index (κ2) is 7.25. The normalized spacial score (nSPS) is 33.8. The van der Waals surface area contributed by atoms with Crippen molar-refractivity contribution in [1.82, 2.24) is 4.90 Å². The number of carboxylic acids is 2. The van der Waals surface area contributed by atoms with Crippen LogP contribution in [0.1, 0.15) is 51.4 Å². The molecule has 0 radical (unpaired) electrons. The van der Waals surface area contributed by atoms with Crippen molar-refractivity contribution in [1.29, 1.82) is 0 Å². The highest BCUT2D eigenvalue weighted by molar-refractivity contribution is 5.70. The Labute approximate surface area is 126 Å². The minimum atomic E-state index is -0.650. The highest BCUT2D eigenvalue weighted by Gasteiger charge is 2.30. The van der Waals surface area contributed by atoms with Gasteiger partial charge in [0.2, 0.25) is 0 Å². The van der Waals surface area contributed by atoms with Gasteiger partial charge in [-0.05, 0) is 64.3 Å². The van der Waals surface area contributed by atoms with E-state index in [0.717, 1.165) is 57.9 Å². The van der Waals surface area contributed by atoms with Crippen LogP contribution in [0.5, 0.6) is 0 Å². The van der Waals surface area contributed by atoms with E-state index < -0.39 is 11.9 Å². The smallest absolute Gasteiger partial charge is 0.306 e. The van der Waals surface area contributed by atoms with E-state index in [9.17, 15) is 9.59 Å². The van der Waals surface area contributed by atoms with Crippen molar-refractivity contribution in [2.75, 3.05) is 13.6 Å². The van der Waals surface area contributed by atoms with Gasteiger partial charge in [0.05, 0.1) is 11.8 Å². The predicted molar refractivity (Wildman–Crippen MR) is 79.1 cm³/mol. The Kier molecular flexibility index (Phi) is 5.62. The number of rotatable bonds is 5. The molecule has 21 heavy (non-hydrogen) atoms. The van der Waals surface area contributed by atoms with E-state index >= 15 is 0 Å². The van der Waals surface area contributed by atoms with E-state index in [1.165, 1.54) is 0 Å². The molecule has 5 nitrogen and oxygen atoms in total. The van der Waals surface area contributed by atoms with Gasteiger partial charge in [0.25, 0.3) is 0 Å². The molecule has 0 saturated heterocycles. The van der Waals surface area contributed by atoms with Crippen molar-refractivity contribution in [3.8, 4) is 0 Å². The maximum atomic E-state index is 11.0. The molecule has 0 unspecified atom stereocenters. The molecule has 0 aromatic rings. The van der Waals surface area contributed by atoms with Crippen LogP contribution >= 0.6 is 0 Å². The summed E-state index contributed by atoms with van der Waals surface area (Å²) in [7, 11) is 2.13. The third-order valence-corrected chi connectivity index (χ3v) is 5.41. The number of aliphatic carboxylic acids is 2. The Bertz CT molecular complexity index is 368. The van der Waals surface area contributed by atoms with Crippen LogP contribution in [-0.4, -0.2) is 46.7 Å². The molecule has 0 heterocycles. The average Bonchev–Trinajstić information content (AvgIpc) is 2.47. The van der Waals surface area contributed by atoms with Gasteiger partial charge in [-0.25, -0.2) is 0 Å². The molecule has 2 aliphatic carbocycles. The van der Waals surface area contributed by atoms with Gasteiger partial charge in [0.15, 0.2) is 0 Å². The van der Waals surface area contributed by atoms with E-state index in [2.05, 4.69) is 11.9 Å². The van der Waals surface area contributed by atoms with Crippen molar-refractivity contribution in [2.24, 2.45) is 17.8 Å². The van der Waals surface area contributed by atoms with Crippen molar-refractivity contribution >= 4 is 11.9 Å². The molecule has 0 bridgehead atoms. The van der Waals surface area contributed by atoms with Gasteiger partial charge < -0.3 is 15.1 Å². The first kappa shape index (κ1) is 16.3. The van der Waals surface area contributed by atoms with Gasteiger partial charge in [-0.2, -0.15) is 0 Å². The van der Waals surface area contributed by atoms with Crippen LogP contribution in [0, 0.1) is 17.8 Å². The molecule has 2 rings (SSSR count). The Morgan fingerprint density at radius 2 is 1.29 bits per heavy atom. The first-order chi connectivity index (χ1) is 9.97. The van der Waals surface area contributed by atoms with Crippen LogP contribution in [0.25, 0.3) is 0 Å². The first-order valence-corrected chi connectivity index (χ1v) is 8.13. The van der Waals surface area contributed by atoms with Crippen LogP contribution in [0.2, 0.25) is 0 Å². The summed E-state index contributed by atoms with van der Waals surface area (Å²) in [4.78, 5) is 24.3. The Balaban J connectivity index is 1.72. The van der Waals surface area contributed by atoms with Crippen LogP contribution < -0.4 is 0 Å². The summed E-state index contributed by atoms with van der Waals surface area (Å²) >= 11 is 0. The lowest BCUT2D eigenvalue weighted by Crippen LogP contribution is -2.40. The third kappa shape index (κ3) is 4.43. The molecule has 0 spiro atoms. The van der Waals surface area contributed by atoms with Gasteiger partial charge >= 0.3 is 11.9 Å². The van der Waals surface area contributed by atoms with Crippen LogP contribution in [-0.2, 0) is 9.59 Å². The lowest BCUT2D eigenvalue weighted by Gasteiger charge is -2.37. The van der Waals surface area contributed by atoms with E-state index in [4.69, 9.17) is 10.2 Å². The highest BCUT2D eigenvalue weighted by Crippen LogP contribution is 2.32. The summed E-state index contributed by atoms with van der Waals surface area (Å²) in [6, 6.07) is 0.498. The molecular formula is C16H27NO4. The molecule has 0 atom stereocenters. The molecular weight excluding hydrogens is 270 g/mol. The summed E-state index contributed by atoms with van der Waals surface area (Å²) in [6.45, 7) is 1.02. The Morgan fingerprint density at radius 3 is 1.71 bits per heavy atom. The second-order valence-corrected chi connectivity index (χ2v) is 6.84. The SMILES string of the molecule is CN(CC1CCC(C(=O)O)CC1)C1CCC(C(=O)O)CC1. The van der Waals surface area contributed by atoms with Crippen molar-refractivity contribution in [3.05, 3.63) is 0 Å². The van der Waals surface area contributed by atoms with Crippen LogP contribution in [0.15, 0.2) is 0 Å². The van der Waals surface area contributed by atoms with Crippen molar-refractivity contribution < 1.29 is 19.8 Å². The van der Waals surface area contributed by atoms with E-state index in [0.29, 0.717) is 12.0 Å². The molecule has 0 amide bonds. The number of hydrogen-bond donors (Lipinski definition) is 2. The van der Waals surface area contributed by atoms with Gasteiger partial charge in [0.1, 0.15) is 0 Å². The molecule has 5 heteroatoms. The molecule has 2 fully saturated rings. The van der Waals surface area contributed by atoms with Gasteiger partial charge in [-0.1, -0.05) is 0 Å². The van der Waals surface area contributed by atoms with Gasteiger partial charge in [0, 0.05) is 12.6 Å². The van der Waals surface area contributed by atoms with Crippen molar-refractivity contribution in [2.45, 2.75) is 57.4 Å². The zero-order valence-electron chi connectivity index (χ0n) is 12.8. The van der Waals surface area contributed by atoms with Gasteiger partial charge in [-0.15, -0.1) is 0 Å². The zero-order valence-corrected chi connectivity index (χ0v) is 12.8. The van der Waals surface area contributed by atoms with E-state index in [-0.39, 0.29) is 11.8 Å². The second-order valence-electron chi connectivity index (χ2n) is 6.84. The lowest BCUT2D eigenvalue weighted by atomic mass is 9.81. The Hall–Kier alpha value is -1.10. The van der Waals surface area contributed by atoms with Crippen LogP contribution in [0.3, 0.4) is 0 Å². The summed E-state index contributed by atoms with van der Waals surface area (Å²) in [5.74, 6) is -0.988. The third-order valence-electron chi connectivity index (χ3n) is 5.41. The number of hydrogen-bond acceptors (Lipinski definition) is 3. The monoisotopic (exact) mass is 297 g/mol. The maximum absolute atomic E-state index is 11.0. The molecule has 2 saturated carbocycles. The number of carbonyl (C=O) groups is 2. The average molecular weight is 297 g/mol. The minimum absolute atomic E-state index is 0.141. The zero-order chi connectivity index (χ0) is 15.4. The quantitative estimate of drug-likeness (QED) is 0.815. The molecule has 2 N–H and O–H groups in total. The first-order valence-electron chi connectivity index (χ1n) is 8.13. The fraction of sp³-hybridized carbons (Fsp3) is 0.875. The summed E-state index contributed by atoms with van der Waals surface area (Å²) < 4.78 is 0. The Morgan fingerprint density at radius 1 is 0.857 bits per heavy atom. The number of nitrogens with zero attached hydrogens (tertiary/aromatic N) is 1. The van der Waals surface area contributed by atoms with E-state index in [1.807, 2.05) is 0 Å². The standard InChI is InChI=1S/C16H27NO4/c1-17(14-8-6-13(7-9-14)16(20)21)10-11-2-4-12(5-3-11)15(18)19/h11-14H,2-10H2,1H3,(H,18,19)(H,20,21). The molecule has 0 aromatic heterocycles. The van der Waals surface area contributed by atoms with Gasteiger partial charge in [-0.3, -0.25) is 9.59 Å². The molecule has 0 aromatic carbocycles. The maximum Gasteiger partial charge on any atom is 0.306 e. The molecule has 120 valence electrons. The molecule has 2 aliphatic rings. The summed E-state index contributed by atoms with van der Waals surface area (Å²) in [5, 5.41) is 18.1. The number of carboxylic acid groups (broad SMARTS) is 2. The highest BCUT2D eigenvalue weighted by atomic mass is 16.4. The van der Waals surface area contributed by atoms with E-state index in [1.54, 1.807) is 0 Å². The largest absolute Gasteiger partial charge is 0.481 e. The fourth-order valence-electron chi connectivity index (χ4n) is 3.91. The summed E-state index contributed by atoms with van der Waals surface area (Å²) in [6.07, 6.45) is 7.14. The van der Waals surface area contributed by atoms with Crippen molar-refractivity contribution in [3.63, 3.8) is 0 Å². The van der Waals surface area contributed by atoms with Crippen LogP contribution in [0.4, 0.5) is 0 Å². The minimum Gasteiger partial charge on any atom is -0.481 e. The summed E-state index contributed by atoms with van der Waals surface area (Å²) in [5.41, 5.74) is 0. The predicted octanol–water partition coefficient (Wildman–Crippen LogP) is 2.45. The lowest BCUT2D eigenvalue weighted by molar-refractivity contribution is -0.144.